The van der Waals surface area contributed by atoms with E-state index in [1.54, 1.807) is 27.8 Å². The van der Waals surface area contributed by atoms with E-state index in [0.717, 1.165) is 5.56 Å². The van der Waals surface area contributed by atoms with Crippen molar-refractivity contribution in [1.82, 2.24) is 10.2 Å². The number of carbonyl (C=O) groups excluding carboxylic acids is 2. The Labute approximate surface area is 131 Å². The third-order valence-corrected chi connectivity index (χ3v) is 2.82. The van der Waals surface area contributed by atoms with E-state index in [2.05, 4.69) is 5.32 Å². The van der Waals surface area contributed by atoms with Crippen molar-refractivity contribution in [3.8, 4) is 0 Å². The van der Waals surface area contributed by atoms with Crippen LogP contribution in [0.25, 0.3) is 0 Å². The van der Waals surface area contributed by atoms with E-state index < -0.39 is 17.7 Å². The first-order valence-electron chi connectivity index (χ1n) is 7.20. The van der Waals surface area contributed by atoms with Crippen LogP contribution in [0.3, 0.4) is 0 Å². The first kappa shape index (κ1) is 18.0. The van der Waals surface area contributed by atoms with Crippen LogP contribution in [-0.2, 0) is 16.1 Å². The molecule has 122 valence electrons. The minimum Gasteiger partial charge on any atom is -0.444 e. The number of ether oxygens (including phenoxy) is 1. The summed E-state index contributed by atoms with van der Waals surface area (Å²) in [5, 5.41) is 2.50. The first-order chi connectivity index (χ1) is 10.2. The van der Waals surface area contributed by atoms with Gasteiger partial charge in [-0.15, -0.1) is 0 Å². The number of nitrogens with zero attached hydrogens (tertiary/aromatic N) is 1. The van der Waals surface area contributed by atoms with Gasteiger partial charge in [-0.25, -0.2) is 4.79 Å². The molecule has 6 nitrogen and oxygen atoms in total. The normalized spacial score (nSPS) is 12.4. The molecule has 0 aromatic heterocycles. The Balaban J connectivity index is 2.42. The van der Waals surface area contributed by atoms with E-state index >= 15 is 0 Å². The molecule has 6 heteroatoms. The molecule has 0 aliphatic carbocycles. The molecule has 1 unspecified atom stereocenters. The monoisotopic (exact) mass is 307 g/mol. The molecule has 0 spiro atoms. The fourth-order valence-electron chi connectivity index (χ4n) is 1.81. The van der Waals surface area contributed by atoms with Crippen LogP contribution in [0.5, 0.6) is 0 Å². The maximum Gasteiger partial charge on any atom is 0.407 e. The molecule has 1 aromatic carbocycles. The number of benzene rings is 1. The van der Waals surface area contributed by atoms with Gasteiger partial charge in [0.1, 0.15) is 11.6 Å². The summed E-state index contributed by atoms with van der Waals surface area (Å²) in [6.45, 7) is 5.81. The zero-order valence-corrected chi connectivity index (χ0v) is 13.6. The lowest BCUT2D eigenvalue weighted by Crippen LogP contribution is -2.49. The molecule has 0 fully saturated rings. The summed E-state index contributed by atoms with van der Waals surface area (Å²) < 4.78 is 5.09. The van der Waals surface area contributed by atoms with Crippen molar-refractivity contribution < 1.29 is 14.3 Å². The van der Waals surface area contributed by atoms with E-state index in [1.807, 2.05) is 30.3 Å². The van der Waals surface area contributed by atoms with E-state index in [-0.39, 0.29) is 12.5 Å². The number of rotatable bonds is 5. The zero-order valence-electron chi connectivity index (χ0n) is 13.6. The van der Waals surface area contributed by atoms with Crippen molar-refractivity contribution in [2.75, 3.05) is 13.6 Å². The van der Waals surface area contributed by atoms with Crippen molar-refractivity contribution >= 4 is 12.0 Å². The molecule has 0 saturated heterocycles. The fraction of sp³-hybridized carbons (Fsp3) is 0.500. The van der Waals surface area contributed by atoms with Gasteiger partial charge >= 0.3 is 6.09 Å². The molecule has 2 amide bonds. The Hall–Kier alpha value is -2.08. The van der Waals surface area contributed by atoms with Gasteiger partial charge in [-0.2, -0.15) is 0 Å². The number of hydrogen-bond donors (Lipinski definition) is 2. The second-order valence-electron chi connectivity index (χ2n) is 6.17. The van der Waals surface area contributed by atoms with Gasteiger partial charge in [-0.1, -0.05) is 30.3 Å². The average Bonchev–Trinajstić information content (AvgIpc) is 2.43. The predicted octanol–water partition coefficient (Wildman–Crippen LogP) is 1.50. The third kappa shape index (κ3) is 6.58. The van der Waals surface area contributed by atoms with Crippen LogP contribution in [0.15, 0.2) is 30.3 Å². The number of likely N-dealkylation sites (N-methyl/N-ethyl adjacent to an activating group) is 1. The largest absolute Gasteiger partial charge is 0.444 e. The molecular formula is C16H25N3O3. The summed E-state index contributed by atoms with van der Waals surface area (Å²) >= 11 is 0. The molecular weight excluding hydrogens is 282 g/mol. The van der Waals surface area contributed by atoms with Crippen molar-refractivity contribution in [2.45, 2.75) is 39.0 Å². The van der Waals surface area contributed by atoms with E-state index in [1.165, 1.54) is 4.90 Å². The van der Waals surface area contributed by atoms with Gasteiger partial charge in [-0.3, -0.25) is 4.79 Å². The fourth-order valence-corrected chi connectivity index (χ4v) is 1.81. The molecule has 0 saturated carbocycles. The molecule has 0 bridgehead atoms. The summed E-state index contributed by atoms with van der Waals surface area (Å²) in [5.41, 5.74) is 6.26. The summed E-state index contributed by atoms with van der Waals surface area (Å²) in [6, 6.07) is 8.82. The Kier molecular flexibility index (Phi) is 6.37. The second-order valence-corrected chi connectivity index (χ2v) is 6.17. The summed E-state index contributed by atoms with van der Waals surface area (Å²) in [5.74, 6) is -0.236. The van der Waals surface area contributed by atoms with Crippen LogP contribution in [0, 0.1) is 0 Å². The highest BCUT2D eigenvalue weighted by Gasteiger charge is 2.21. The minimum absolute atomic E-state index is 0.0346. The Morgan fingerprint density at radius 2 is 1.86 bits per heavy atom. The minimum atomic E-state index is -0.804. The second kappa shape index (κ2) is 7.79. The number of hydrogen-bond acceptors (Lipinski definition) is 4. The topological polar surface area (TPSA) is 84.7 Å². The first-order valence-corrected chi connectivity index (χ1v) is 7.20. The van der Waals surface area contributed by atoms with Gasteiger partial charge in [0.2, 0.25) is 5.91 Å². The van der Waals surface area contributed by atoms with Crippen LogP contribution in [0.4, 0.5) is 4.79 Å². The SMILES string of the molecule is CN(Cc1ccccc1)C(=O)C(N)CNC(=O)OC(C)(C)C. The highest BCUT2D eigenvalue weighted by atomic mass is 16.6. The van der Waals surface area contributed by atoms with Crippen molar-refractivity contribution in [2.24, 2.45) is 5.73 Å². The van der Waals surface area contributed by atoms with Crippen LogP contribution in [0.1, 0.15) is 26.3 Å². The zero-order chi connectivity index (χ0) is 16.8. The van der Waals surface area contributed by atoms with E-state index in [0.29, 0.717) is 6.54 Å². The summed E-state index contributed by atoms with van der Waals surface area (Å²) in [7, 11) is 1.68. The van der Waals surface area contributed by atoms with Crippen molar-refractivity contribution in [3.05, 3.63) is 35.9 Å². The molecule has 0 heterocycles. The van der Waals surface area contributed by atoms with Crippen molar-refractivity contribution in [3.63, 3.8) is 0 Å². The lowest BCUT2D eigenvalue weighted by Gasteiger charge is -2.23. The quantitative estimate of drug-likeness (QED) is 0.863. The van der Waals surface area contributed by atoms with E-state index in [4.69, 9.17) is 10.5 Å². The molecule has 0 radical (unpaired) electrons. The van der Waals surface area contributed by atoms with Crippen LogP contribution >= 0.6 is 0 Å². The van der Waals surface area contributed by atoms with Crippen LogP contribution in [-0.4, -0.2) is 42.1 Å². The van der Waals surface area contributed by atoms with E-state index in [9.17, 15) is 9.59 Å². The molecule has 0 aliphatic rings. The highest BCUT2D eigenvalue weighted by molar-refractivity contribution is 5.82. The summed E-state index contributed by atoms with van der Waals surface area (Å²) in [6.07, 6.45) is -0.582. The maximum absolute atomic E-state index is 12.2. The standard InChI is InChI=1S/C16H25N3O3/c1-16(2,3)22-15(21)18-10-13(17)14(20)19(4)11-12-8-6-5-7-9-12/h5-9,13H,10-11,17H2,1-4H3,(H,18,21). The Bertz CT molecular complexity index is 497. The number of alkyl carbamates (subject to hydrolysis) is 1. The molecule has 1 rings (SSSR count). The van der Waals surface area contributed by atoms with Gasteiger partial charge in [0.25, 0.3) is 0 Å². The lowest BCUT2D eigenvalue weighted by atomic mass is 10.2. The molecule has 3 N–H and O–H groups in total. The van der Waals surface area contributed by atoms with Crippen LogP contribution in [0.2, 0.25) is 0 Å². The average molecular weight is 307 g/mol. The number of amides is 2. The number of nitrogens with two attached hydrogens (primary N) is 1. The van der Waals surface area contributed by atoms with Gasteiger partial charge < -0.3 is 20.7 Å². The Morgan fingerprint density at radius 3 is 2.41 bits per heavy atom. The van der Waals surface area contributed by atoms with Gasteiger partial charge in [-0.05, 0) is 26.3 Å². The summed E-state index contributed by atoms with van der Waals surface area (Å²) in [4.78, 5) is 25.2. The molecule has 22 heavy (non-hydrogen) atoms. The van der Waals surface area contributed by atoms with Gasteiger partial charge in [0.05, 0.1) is 0 Å². The molecule has 1 atom stereocenters. The highest BCUT2D eigenvalue weighted by Crippen LogP contribution is 2.06. The van der Waals surface area contributed by atoms with Crippen molar-refractivity contribution in [1.29, 1.82) is 0 Å². The molecule has 0 aliphatic heterocycles. The van der Waals surface area contributed by atoms with Gasteiger partial charge in [0, 0.05) is 20.1 Å². The van der Waals surface area contributed by atoms with Crippen LogP contribution < -0.4 is 11.1 Å². The number of carbonyl (C=O) groups is 2. The Morgan fingerprint density at radius 1 is 1.27 bits per heavy atom. The molecule has 1 aromatic rings. The predicted molar refractivity (Wildman–Crippen MR) is 85.1 cm³/mol. The third-order valence-electron chi connectivity index (χ3n) is 2.82. The maximum atomic E-state index is 12.2. The lowest BCUT2D eigenvalue weighted by molar-refractivity contribution is -0.131. The smallest absolute Gasteiger partial charge is 0.407 e. The van der Waals surface area contributed by atoms with Gasteiger partial charge in [0.15, 0.2) is 0 Å². The number of nitrogens with one attached hydrogen (secondary N) is 1.